The molecule has 0 aromatic carbocycles. The molecule has 1 N–H and O–H groups in total. The summed E-state index contributed by atoms with van der Waals surface area (Å²) < 4.78 is 0. The van der Waals surface area contributed by atoms with E-state index in [4.69, 9.17) is 0 Å². The molecule has 1 aliphatic rings. The van der Waals surface area contributed by atoms with E-state index in [2.05, 4.69) is 30.5 Å². The van der Waals surface area contributed by atoms with E-state index in [1.165, 1.54) is 12.4 Å². The Morgan fingerprint density at radius 3 is 2.85 bits per heavy atom. The summed E-state index contributed by atoms with van der Waals surface area (Å²) in [6.07, 6.45) is 8.04. The highest BCUT2D eigenvalue weighted by molar-refractivity contribution is 5.94. The van der Waals surface area contributed by atoms with Crippen LogP contribution >= 0.6 is 0 Å². The molecule has 0 saturated carbocycles. The number of pyridine rings is 1. The van der Waals surface area contributed by atoms with E-state index < -0.39 is 0 Å². The molecule has 0 spiro atoms. The molecule has 1 aliphatic heterocycles. The van der Waals surface area contributed by atoms with Gasteiger partial charge in [-0.05, 0) is 38.0 Å². The minimum absolute atomic E-state index is 0.0716. The highest BCUT2D eigenvalue weighted by Crippen LogP contribution is 2.35. The predicted molar refractivity (Wildman–Crippen MR) is 99.3 cm³/mol. The Morgan fingerprint density at radius 2 is 2.04 bits per heavy atom. The zero-order valence-electron chi connectivity index (χ0n) is 14.9. The van der Waals surface area contributed by atoms with Gasteiger partial charge in [0.05, 0.1) is 24.0 Å². The molecule has 3 aromatic rings. The van der Waals surface area contributed by atoms with Crippen molar-refractivity contribution in [3.05, 3.63) is 66.0 Å². The first kappa shape index (κ1) is 17.0. The molecule has 136 valence electrons. The number of amides is 1. The Balaban J connectivity index is 1.63. The quantitative estimate of drug-likeness (QED) is 0.763. The van der Waals surface area contributed by atoms with E-state index in [0.717, 1.165) is 24.2 Å². The lowest BCUT2D eigenvalue weighted by atomic mass is 10.1. The third kappa shape index (κ3) is 3.59. The number of carbonyl (C=O) groups excluding carboxylic acids is 1. The number of rotatable bonds is 4. The summed E-state index contributed by atoms with van der Waals surface area (Å²) in [7, 11) is 0. The lowest BCUT2D eigenvalue weighted by molar-refractivity contribution is 0.0732. The van der Waals surface area contributed by atoms with Crippen LogP contribution in [0.3, 0.4) is 0 Å². The lowest BCUT2D eigenvalue weighted by Gasteiger charge is -2.25. The molecule has 0 radical (unpaired) electrons. The van der Waals surface area contributed by atoms with Crippen LogP contribution in [0, 0.1) is 6.92 Å². The van der Waals surface area contributed by atoms with Gasteiger partial charge in [-0.25, -0.2) is 9.97 Å². The highest BCUT2D eigenvalue weighted by atomic mass is 16.2. The van der Waals surface area contributed by atoms with Crippen molar-refractivity contribution in [2.45, 2.75) is 25.8 Å². The SMILES string of the molecule is Cc1cccc(Nc2nccnc2[C@H]2CCCN2C(=O)c2ccnnc2)n1. The molecule has 1 saturated heterocycles. The minimum Gasteiger partial charge on any atom is -0.330 e. The van der Waals surface area contributed by atoms with Gasteiger partial charge in [0.1, 0.15) is 11.5 Å². The van der Waals surface area contributed by atoms with E-state index in [-0.39, 0.29) is 11.9 Å². The van der Waals surface area contributed by atoms with Gasteiger partial charge < -0.3 is 10.2 Å². The van der Waals surface area contributed by atoms with Gasteiger partial charge in [0.25, 0.3) is 5.91 Å². The largest absolute Gasteiger partial charge is 0.330 e. The van der Waals surface area contributed by atoms with Crippen LogP contribution in [0.4, 0.5) is 11.6 Å². The van der Waals surface area contributed by atoms with Crippen molar-refractivity contribution in [1.29, 1.82) is 0 Å². The first-order chi connectivity index (χ1) is 13.2. The molecule has 0 unspecified atom stereocenters. The molecule has 8 nitrogen and oxygen atoms in total. The maximum absolute atomic E-state index is 12.9. The second-order valence-electron chi connectivity index (χ2n) is 6.37. The van der Waals surface area contributed by atoms with Crippen molar-refractivity contribution >= 4 is 17.5 Å². The number of hydrogen-bond acceptors (Lipinski definition) is 7. The third-order valence-corrected chi connectivity index (χ3v) is 4.52. The monoisotopic (exact) mass is 361 g/mol. The maximum Gasteiger partial charge on any atom is 0.256 e. The molecular formula is C19H19N7O. The van der Waals surface area contributed by atoms with Crippen LogP contribution in [0.1, 0.15) is 40.6 Å². The zero-order valence-corrected chi connectivity index (χ0v) is 14.9. The molecule has 0 bridgehead atoms. The molecule has 4 heterocycles. The molecular weight excluding hydrogens is 342 g/mol. The summed E-state index contributed by atoms with van der Waals surface area (Å²) in [5, 5.41) is 10.8. The van der Waals surface area contributed by atoms with Crippen molar-refractivity contribution in [3.8, 4) is 0 Å². The Kier molecular flexibility index (Phi) is 4.69. The Morgan fingerprint density at radius 1 is 1.15 bits per heavy atom. The lowest BCUT2D eigenvalue weighted by Crippen LogP contribution is -2.31. The van der Waals surface area contributed by atoms with Crippen LogP contribution in [-0.4, -0.2) is 42.5 Å². The fraction of sp³-hybridized carbons (Fsp3) is 0.263. The number of carbonyl (C=O) groups is 1. The summed E-state index contributed by atoms with van der Waals surface area (Å²) in [6.45, 7) is 2.60. The van der Waals surface area contributed by atoms with E-state index in [0.29, 0.717) is 23.7 Å². The van der Waals surface area contributed by atoms with Gasteiger partial charge in [-0.2, -0.15) is 10.2 Å². The van der Waals surface area contributed by atoms with Gasteiger partial charge in [0.15, 0.2) is 5.82 Å². The number of nitrogens with one attached hydrogen (secondary N) is 1. The van der Waals surface area contributed by atoms with Crippen molar-refractivity contribution in [2.75, 3.05) is 11.9 Å². The number of anilines is 2. The van der Waals surface area contributed by atoms with Gasteiger partial charge in [0.2, 0.25) is 0 Å². The fourth-order valence-corrected chi connectivity index (χ4v) is 3.30. The van der Waals surface area contributed by atoms with E-state index in [1.807, 2.05) is 30.0 Å². The van der Waals surface area contributed by atoms with Crippen LogP contribution in [0.2, 0.25) is 0 Å². The smallest absolute Gasteiger partial charge is 0.256 e. The summed E-state index contributed by atoms with van der Waals surface area (Å²) in [6, 6.07) is 7.28. The van der Waals surface area contributed by atoms with Crippen molar-refractivity contribution in [3.63, 3.8) is 0 Å². The second-order valence-corrected chi connectivity index (χ2v) is 6.37. The first-order valence-corrected chi connectivity index (χ1v) is 8.81. The number of hydrogen-bond donors (Lipinski definition) is 1. The van der Waals surface area contributed by atoms with Gasteiger partial charge in [-0.1, -0.05) is 6.07 Å². The highest BCUT2D eigenvalue weighted by Gasteiger charge is 2.33. The van der Waals surface area contributed by atoms with Gasteiger partial charge in [0, 0.05) is 24.6 Å². The normalized spacial score (nSPS) is 16.3. The Hall–Kier alpha value is -3.42. The molecule has 1 atom stereocenters. The van der Waals surface area contributed by atoms with E-state index in [9.17, 15) is 4.79 Å². The predicted octanol–water partition coefficient (Wildman–Crippen LogP) is 2.69. The van der Waals surface area contributed by atoms with Crippen LogP contribution in [0.5, 0.6) is 0 Å². The third-order valence-electron chi connectivity index (χ3n) is 4.52. The number of aromatic nitrogens is 5. The van der Waals surface area contributed by atoms with Crippen LogP contribution in [0.15, 0.2) is 49.1 Å². The molecule has 1 amide bonds. The van der Waals surface area contributed by atoms with Crippen molar-refractivity contribution in [2.24, 2.45) is 0 Å². The minimum atomic E-state index is -0.147. The zero-order chi connectivity index (χ0) is 18.6. The van der Waals surface area contributed by atoms with Crippen molar-refractivity contribution in [1.82, 2.24) is 30.0 Å². The van der Waals surface area contributed by atoms with Crippen LogP contribution < -0.4 is 5.32 Å². The van der Waals surface area contributed by atoms with Gasteiger partial charge >= 0.3 is 0 Å². The van der Waals surface area contributed by atoms with E-state index in [1.54, 1.807) is 18.5 Å². The molecule has 8 heteroatoms. The van der Waals surface area contributed by atoms with Crippen molar-refractivity contribution < 1.29 is 4.79 Å². The topological polar surface area (TPSA) is 96.8 Å². The van der Waals surface area contributed by atoms with Gasteiger partial charge in [-0.3, -0.25) is 9.78 Å². The number of likely N-dealkylation sites (tertiary alicyclic amines) is 1. The van der Waals surface area contributed by atoms with E-state index >= 15 is 0 Å². The standard InChI is InChI=1S/C19H19N7O/c1-13-4-2-6-16(24-13)25-18-17(20-9-10-21-18)15-5-3-11-26(15)19(27)14-7-8-22-23-12-14/h2,4,6-10,12,15H,3,5,11H2,1H3,(H,21,24,25)/t15-/m1/s1. The fourth-order valence-electron chi connectivity index (χ4n) is 3.30. The Bertz CT molecular complexity index is 948. The number of aryl methyl sites for hydroxylation is 1. The van der Waals surface area contributed by atoms with Crippen LogP contribution in [-0.2, 0) is 0 Å². The molecule has 27 heavy (non-hydrogen) atoms. The summed E-state index contributed by atoms with van der Waals surface area (Å²) in [5.41, 5.74) is 2.18. The summed E-state index contributed by atoms with van der Waals surface area (Å²) >= 11 is 0. The molecule has 3 aromatic heterocycles. The number of nitrogens with zero attached hydrogens (tertiary/aromatic N) is 6. The molecule has 0 aliphatic carbocycles. The average molecular weight is 361 g/mol. The second kappa shape index (κ2) is 7.45. The summed E-state index contributed by atoms with van der Waals surface area (Å²) in [4.78, 5) is 28.2. The van der Waals surface area contributed by atoms with Crippen LogP contribution in [0.25, 0.3) is 0 Å². The average Bonchev–Trinajstić information content (AvgIpc) is 3.18. The summed E-state index contributed by atoms with van der Waals surface area (Å²) in [5.74, 6) is 1.25. The molecule has 4 rings (SSSR count). The Labute approximate surface area is 156 Å². The molecule has 1 fully saturated rings. The maximum atomic E-state index is 12.9. The first-order valence-electron chi connectivity index (χ1n) is 8.81. The van der Waals surface area contributed by atoms with Gasteiger partial charge in [-0.15, -0.1) is 0 Å².